The van der Waals surface area contributed by atoms with Crippen LogP contribution in [0.25, 0.3) is 22.4 Å². The summed E-state index contributed by atoms with van der Waals surface area (Å²) >= 11 is 0. The van der Waals surface area contributed by atoms with Gasteiger partial charge in [-0.2, -0.15) is 9.40 Å². The van der Waals surface area contributed by atoms with Crippen molar-refractivity contribution in [1.29, 1.82) is 0 Å². The van der Waals surface area contributed by atoms with Gasteiger partial charge in [-0.3, -0.25) is 19.2 Å². The number of aromatic amines is 1. The first kappa shape index (κ1) is 34.9. The van der Waals surface area contributed by atoms with Crippen molar-refractivity contribution in [2.75, 3.05) is 45.9 Å². The number of esters is 1. The molecule has 0 saturated carbocycles. The number of halogens is 1. The topological polar surface area (TPSA) is 140 Å². The van der Waals surface area contributed by atoms with E-state index in [1.807, 2.05) is 13.8 Å². The van der Waals surface area contributed by atoms with Gasteiger partial charge < -0.3 is 14.5 Å². The van der Waals surface area contributed by atoms with E-state index in [4.69, 9.17) is 14.5 Å². The number of nitrogens with zero attached hydrogens (tertiary/aromatic N) is 5. The summed E-state index contributed by atoms with van der Waals surface area (Å²) in [6.45, 7) is 8.35. The van der Waals surface area contributed by atoms with E-state index in [2.05, 4.69) is 15.0 Å². The lowest BCUT2D eigenvalue weighted by atomic mass is 9.93. The molecule has 0 radical (unpaired) electrons. The number of carbonyl (C=O) groups excluding carboxylic acids is 1. The molecule has 2 aliphatic rings. The maximum atomic E-state index is 13.8. The summed E-state index contributed by atoms with van der Waals surface area (Å²) in [5.41, 5.74) is 1.64. The lowest BCUT2D eigenvalue weighted by molar-refractivity contribution is -0.144. The molecular formula is C31H45ClN6O6S. The van der Waals surface area contributed by atoms with Crippen LogP contribution in [0.1, 0.15) is 64.5 Å². The van der Waals surface area contributed by atoms with Crippen molar-refractivity contribution < 1.29 is 22.7 Å². The summed E-state index contributed by atoms with van der Waals surface area (Å²) < 4.78 is 41.8. The molecule has 0 unspecified atom stereocenters. The third-order valence-electron chi connectivity index (χ3n) is 8.59. The molecule has 0 aliphatic carbocycles. The summed E-state index contributed by atoms with van der Waals surface area (Å²) in [7, 11) is -2.11. The molecule has 2 saturated heterocycles. The monoisotopic (exact) mass is 664 g/mol. The molecule has 0 atom stereocenters. The van der Waals surface area contributed by atoms with Crippen LogP contribution in [0, 0.1) is 5.92 Å². The molecule has 248 valence electrons. The van der Waals surface area contributed by atoms with Gasteiger partial charge in [-0.05, 0) is 82.7 Å². The van der Waals surface area contributed by atoms with Crippen LogP contribution in [0.4, 0.5) is 0 Å². The summed E-state index contributed by atoms with van der Waals surface area (Å²) in [6, 6.07) is 4.69. The van der Waals surface area contributed by atoms with E-state index < -0.39 is 10.0 Å². The summed E-state index contributed by atoms with van der Waals surface area (Å²) in [5, 5.41) is 4.48. The second-order valence-corrected chi connectivity index (χ2v) is 13.6. The highest BCUT2D eigenvalue weighted by Gasteiger charge is 2.31. The number of benzene rings is 1. The van der Waals surface area contributed by atoms with Crippen LogP contribution in [-0.4, -0.2) is 89.3 Å². The minimum Gasteiger partial charge on any atom is -0.493 e. The minimum atomic E-state index is -3.82. The number of carbonyl (C=O) groups is 1. The predicted octanol–water partition coefficient (Wildman–Crippen LogP) is 3.92. The Morgan fingerprint density at radius 2 is 1.84 bits per heavy atom. The largest absolute Gasteiger partial charge is 0.493 e. The number of piperidine rings is 1. The molecule has 12 nitrogen and oxygen atoms in total. The van der Waals surface area contributed by atoms with Gasteiger partial charge in [0.25, 0.3) is 5.56 Å². The molecule has 2 fully saturated rings. The van der Waals surface area contributed by atoms with E-state index >= 15 is 0 Å². The molecule has 14 heteroatoms. The first-order valence-corrected chi connectivity index (χ1v) is 17.3. The number of aryl methyl sites for hydroxylation is 2. The van der Waals surface area contributed by atoms with Crippen molar-refractivity contribution in [1.82, 2.24) is 29.0 Å². The van der Waals surface area contributed by atoms with Crippen molar-refractivity contribution in [2.45, 2.75) is 70.1 Å². The number of likely N-dealkylation sites (tertiary alicyclic amines) is 1. The van der Waals surface area contributed by atoms with Gasteiger partial charge in [-0.15, -0.1) is 12.4 Å². The van der Waals surface area contributed by atoms with Crippen LogP contribution in [0.5, 0.6) is 5.75 Å². The minimum absolute atomic E-state index is 0. The average Bonchev–Trinajstić information content (AvgIpc) is 3.64. The van der Waals surface area contributed by atoms with Crippen molar-refractivity contribution in [3.63, 3.8) is 0 Å². The second kappa shape index (κ2) is 15.5. The van der Waals surface area contributed by atoms with Crippen molar-refractivity contribution in [3.8, 4) is 17.1 Å². The van der Waals surface area contributed by atoms with E-state index in [0.29, 0.717) is 80.8 Å². The van der Waals surface area contributed by atoms with E-state index in [1.165, 1.54) is 34.0 Å². The van der Waals surface area contributed by atoms with Gasteiger partial charge in [0.15, 0.2) is 5.52 Å². The lowest BCUT2D eigenvalue weighted by Crippen LogP contribution is -2.38. The Labute approximate surface area is 270 Å². The van der Waals surface area contributed by atoms with Gasteiger partial charge in [0, 0.05) is 33.1 Å². The van der Waals surface area contributed by atoms with Gasteiger partial charge in [0.1, 0.15) is 23.7 Å². The highest BCUT2D eigenvalue weighted by molar-refractivity contribution is 7.89. The second-order valence-electron chi connectivity index (χ2n) is 11.7. The summed E-state index contributed by atoms with van der Waals surface area (Å²) in [6.07, 6.45) is 6.33. The molecule has 2 aliphatic heterocycles. The number of aromatic nitrogens is 4. The third-order valence-corrected chi connectivity index (χ3v) is 10.5. The summed E-state index contributed by atoms with van der Waals surface area (Å²) in [4.78, 5) is 35.3. The molecule has 4 heterocycles. The average molecular weight is 665 g/mol. The van der Waals surface area contributed by atoms with E-state index in [0.717, 1.165) is 31.7 Å². The normalized spacial score (nSPS) is 16.6. The van der Waals surface area contributed by atoms with Crippen LogP contribution < -0.4 is 10.3 Å². The Kier molecular flexibility index (Phi) is 12.0. The van der Waals surface area contributed by atoms with Crippen molar-refractivity contribution in [3.05, 3.63) is 34.2 Å². The number of sulfonamides is 1. The zero-order valence-corrected chi connectivity index (χ0v) is 28.1. The standard InChI is InChI=1S/C31H44N6O6S.ClH/c1-4-8-25-28-29(35(3)34-25)31(39)33-30(32-28)24-21-23(10-11-26(24)42-5-2)44(40,41)37-17-13-22(14-18-37)9-12-27(38)43-20-19-36-15-6-7-16-36;/h10-11,21-22H,4-9,12-20H2,1-3H3,(H,32,33,39);1H. The van der Waals surface area contributed by atoms with Crippen LogP contribution >= 0.6 is 12.4 Å². The highest BCUT2D eigenvalue weighted by atomic mass is 35.5. The lowest BCUT2D eigenvalue weighted by Gasteiger charge is -2.31. The molecule has 3 aromatic rings. The van der Waals surface area contributed by atoms with Gasteiger partial charge in [-0.25, -0.2) is 13.4 Å². The fraction of sp³-hybridized carbons (Fsp3) is 0.613. The number of ether oxygens (including phenoxy) is 2. The first-order chi connectivity index (χ1) is 21.2. The van der Waals surface area contributed by atoms with Crippen LogP contribution in [0.3, 0.4) is 0 Å². The van der Waals surface area contributed by atoms with E-state index in [1.54, 1.807) is 13.1 Å². The quantitative estimate of drug-likeness (QED) is 0.269. The Balaban J connectivity index is 0.00000461. The highest BCUT2D eigenvalue weighted by Crippen LogP contribution is 2.33. The summed E-state index contributed by atoms with van der Waals surface area (Å²) in [5.74, 6) is 0.751. The molecule has 1 aromatic carbocycles. The maximum absolute atomic E-state index is 13.8. The van der Waals surface area contributed by atoms with Crippen LogP contribution in [0.15, 0.2) is 27.9 Å². The Morgan fingerprint density at radius 3 is 2.53 bits per heavy atom. The van der Waals surface area contributed by atoms with E-state index in [-0.39, 0.29) is 40.6 Å². The number of fused-ring (bicyclic) bond motifs is 1. The van der Waals surface area contributed by atoms with E-state index in [9.17, 15) is 18.0 Å². The van der Waals surface area contributed by atoms with Gasteiger partial charge in [0.2, 0.25) is 10.0 Å². The fourth-order valence-electron chi connectivity index (χ4n) is 6.19. The molecule has 1 N–H and O–H groups in total. The molecule has 0 bridgehead atoms. The molecule has 45 heavy (non-hydrogen) atoms. The van der Waals surface area contributed by atoms with Crippen LogP contribution in [0.2, 0.25) is 0 Å². The first-order valence-electron chi connectivity index (χ1n) is 15.8. The molecular weight excluding hydrogens is 620 g/mol. The number of nitrogens with one attached hydrogen (secondary N) is 1. The maximum Gasteiger partial charge on any atom is 0.305 e. The number of H-pyrrole nitrogens is 1. The smallest absolute Gasteiger partial charge is 0.305 e. The molecule has 2 aromatic heterocycles. The van der Waals surface area contributed by atoms with Gasteiger partial charge >= 0.3 is 5.97 Å². The van der Waals surface area contributed by atoms with Gasteiger partial charge in [-0.1, -0.05) is 13.3 Å². The zero-order valence-electron chi connectivity index (χ0n) is 26.4. The number of rotatable bonds is 13. The fourth-order valence-corrected chi connectivity index (χ4v) is 7.69. The molecule has 0 amide bonds. The Bertz CT molecular complexity index is 1630. The zero-order chi connectivity index (χ0) is 31.3. The van der Waals surface area contributed by atoms with Gasteiger partial charge in [0.05, 0.1) is 22.8 Å². The Morgan fingerprint density at radius 1 is 1.11 bits per heavy atom. The molecule has 0 spiro atoms. The number of hydrogen-bond donors (Lipinski definition) is 1. The Hall–Kier alpha value is -3.00. The number of hydrogen-bond acceptors (Lipinski definition) is 9. The van der Waals surface area contributed by atoms with Crippen molar-refractivity contribution in [2.24, 2.45) is 13.0 Å². The van der Waals surface area contributed by atoms with Crippen molar-refractivity contribution >= 4 is 39.4 Å². The molecule has 5 rings (SSSR count). The predicted molar refractivity (Wildman–Crippen MR) is 174 cm³/mol. The third kappa shape index (κ3) is 8.05. The SMILES string of the molecule is CCCc1nn(C)c2c(=O)[nH]c(-c3cc(S(=O)(=O)N4CCC(CCC(=O)OCCN5CCCC5)CC4)ccc3OCC)nc12.Cl. The van der Waals surface area contributed by atoms with Crippen LogP contribution in [-0.2, 0) is 33.0 Å².